The van der Waals surface area contributed by atoms with Crippen molar-refractivity contribution in [3.05, 3.63) is 42.2 Å². The first kappa shape index (κ1) is 14.1. The molecule has 0 bridgehead atoms. The van der Waals surface area contributed by atoms with Gasteiger partial charge in [0, 0.05) is 24.5 Å². The van der Waals surface area contributed by atoms with E-state index in [0.29, 0.717) is 11.3 Å². The lowest BCUT2D eigenvalue weighted by Crippen LogP contribution is -2.01. The standard InChI is InChI=1S/C16H16N4O2/c1-3-20-16-14(9-18-20)15(11(10-21)8-17-16)19-12-5-4-6-13(7-12)22-2/h4-10H,3H2,1-2H3,(H,17,19). The molecule has 0 atom stereocenters. The average molecular weight is 296 g/mol. The summed E-state index contributed by atoms with van der Waals surface area (Å²) in [5.74, 6) is 0.743. The molecule has 6 heteroatoms. The molecule has 1 N–H and O–H groups in total. The molecule has 0 amide bonds. The maximum Gasteiger partial charge on any atom is 0.159 e. The van der Waals surface area contributed by atoms with Gasteiger partial charge < -0.3 is 10.1 Å². The largest absolute Gasteiger partial charge is 0.497 e. The number of pyridine rings is 1. The molecule has 0 fully saturated rings. The maximum absolute atomic E-state index is 11.3. The predicted molar refractivity (Wildman–Crippen MR) is 84.9 cm³/mol. The zero-order valence-corrected chi connectivity index (χ0v) is 12.4. The summed E-state index contributed by atoms with van der Waals surface area (Å²) < 4.78 is 7.01. The van der Waals surface area contributed by atoms with Crippen LogP contribution in [-0.4, -0.2) is 28.2 Å². The summed E-state index contributed by atoms with van der Waals surface area (Å²) in [5.41, 5.74) is 2.77. The number of rotatable bonds is 5. The van der Waals surface area contributed by atoms with Crippen LogP contribution in [-0.2, 0) is 6.54 Å². The Hall–Kier alpha value is -2.89. The van der Waals surface area contributed by atoms with E-state index in [1.807, 2.05) is 31.2 Å². The van der Waals surface area contributed by atoms with Gasteiger partial charge in [-0.25, -0.2) is 9.67 Å². The third-order valence-electron chi connectivity index (χ3n) is 3.46. The number of aryl methyl sites for hydroxylation is 1. The van der Waals surface area contributed by atoms with Crippen LogP contribution in [0.2, 0.25) is 0 Å². The average Bonchev–Trinajstić information content (AvgIpc) is 2.99. The van der Waals surface area contributed by atoms with Gasteiger partial charge in [0.2, 0.25) is 0 Å². The van der Waals surface area contributed by atoms with E-state index in [1.165, 1.54) is 0 Å². The summed E-state index contributed by atoms with van der Waals surface area (Å²) in [6.07, 6.45) is 4.07. The summed E-state index contributed by atoms with van der Waals surface area (Å²) in [5, 5.41) is 8.39. The summed E-state index contributed by atoms with van der Waals surface area (Å²) in [6.45, 7) is 2.71. The minimum absolute atomic E-state index is 0.492. The predicted octanol–water partition coefficient (Wildman–Crippen LogP) is 3.02. The number of fused-ring (bicyclic) bond motifs is 1. The van der Waals surface area contributed by atoms with E-state index < -0.39 is 0 Å². The lowest BCUT2D eigenvalue weighted by atomic mass is 10.2. The van der Waals surface area contributed by atoms with Gasteiger partial charge >= 0.3 is 0 Å². The van der Waals surface area contributed by atoms with Crippen LogP contribution < -0.4 is 10.1 Å². The zero-order valence-electron chi connectivity index (χ0n) is 12.4. The second-order valence-electron chi connectivity index (χ2n) is 4.76. The SMILES string of the molecule is CCn1ncc2c(Nc3cccc(OC)c3)c(C=O)cnc21. The molecule has 112 valence electrons. The fourth-order valence-corrected chi connectivity index (χ4v) is 2.35. The van der Waals surface area contributed by atoms with Crippen molar-refractivity contribution in [2.45, 2.75) is 13.5 Å². The molecular weight excluding hydrogens is 280 g/mol. The molecular formula is C16H16N4O2. The van der Waals surface area contributed by atoms with E-state index in [-0.39, 0.29) is 0 Å². The Balaban J connectivity index is 2.11. The number of carbonyl (C=O) groups is 1. The summed E-state index contributed by atoms with van der Waals surface area (Å²) in [6, 6.07) is 7.53. The molecule has 0 aliphatic heterocycles. The normalized spacial score (nSPS) is 10.6. The van der Waals surface area contributed by atoms with E-state index in [1.54, 1.807) is 24.2 Å². The van der Waals surface area contributed by atoms with E-state index in [9.17, 15) is 4.79 Å². The molecule has 0 aliphatic rings. The van der Waals surface area contributed by atoms with Crippen molar-refractivity contribution >= 4 is 28.7 Å². The van der Waals surface area contributed by atoms with Gasteiger partial charge in [-0.15, -0.1) is 0 Å². The molecule has 0 saturated carbocycles. The number of aldehydes is 1. The first-order chi connectivity index (χ1) is 10.8. The quantitative estimate of drug-likeness (QED) is 0.733. The Morgan fingerprint density at radius 1 is 1.36 bits per heavy atom. The number of anilines is 2. The number of hydrogen-bond acceptors (Lipinski definition) is 5. The van der Waals surface area contributed by atoms with Crippen molar-refractivity contribution in [3.8, 4) is 5.75 Å². The molecule has 1 aromatic carbocycles. The highest BCUT2D eigenvalue weighted by Crippen LogP contribution is 2.29. The van der Waals surface area contributed by atoms with Crippen molar-refractivity contribution in [2.24, 2.45) is 0 Å². The fourth-order valence-electron chi connectivity index (χ4n) is 2.35. The molecule has 0 unspecified atom stereocenters. The van der Waals surface area contributed by atoms with Crippen LogP contribution in [0.25, 0.3) is 11.0 Å². The van der Waals surface area contributed by atoms with Gasteiger partial charge in [0.15, 0.2) is 11.9 Å². The Kier molecular flexibility index (Phi) is 3.74. The van der Waals surface area contributed by atoms with E-state index in [2.05, 4.69) is 15.4 Å². The smallest absolute Gasteiger partial charge is 0.159 e. The van der Waals surface area contributed by atoms with Gasteiger partial charge in [-0.3, -0.25) is 4.79 Å². The topological polar surface area (TPSA) is 69.0 Å². The number of benzene rings is 1. The van der Waals surface area contributed by atoms with Crippen LogP contribution in [0, 0.1) is 0 Å². The Bertz CT molecular complexity index is 826. The van der Waals surface area contributed by atoms with Crippen molar-refractivity contribution in [3.63, 3.8) is 0 Å². The number of nitrogens with one attached hydrogen (secondary N) is 1. The van der Waals surface area contributed by atoms with Crippen LogP contribution in [0.4, 0.5) is 11.4 Å². The molecule has 0 saturated heterocycles. The zero-order chi connectivity index (χ0) is 15.5. The summed E-state index contributed by atoms with van der Waals surface area (Å²) in [7, 11) is 1.62. The lowest BCUT2D eigenvalue weighted by molar-refractivity contribution is 0.112. The lowest BCUT2D eigenvalue weighted by Gasteiger charge is -2.11. The van der Waals surface area contributed by atoms with Crippen LogP contribution >= 0.6 is 0 Å². The maximum atomic E-state index is 11.3. The molecule has 0 spiro atoms. The van der Waals surface area contributed by atoms with Crippen molar-refractivity contribution in [1.29, 1.82) is 0 Å². The molecule has 2 heterocycles. The highest BCUT2D eigenvalue weighted by Gasteiger charge is 2.13. The minimum atomic E-state index is 0.492. The van der Waals surface area contributed by atoms with Crippen molar-refractivity contribution < 1.29 is 9.53 Å². The highest BCUT2D eigenvalue weighted by atomic mass is 16.5. The first-order valence-corrected chi connectivity index (χ1v) is 6.97. The number of carbonyl (C=O) groups excluding carboxylic acids is 1. The number of nitrogens with zero attached hydrogens (tertiary/aromatic N) is 3. The third kappa shape index (κ3) is 2.39. The second kappa shape index (κ2) is 5.85. The van der Waals surface area contributed by atoms with Gasteiger partial charge in [0.25, 0.3) is 0 Å². The third-order valence-corrected chi connectivity index (χ3v) is 3.46. The second-order valence-corrected chi connectivity index (χ2v) is 4.76. The number of hydrogen-bond donors (Lipinski definition) is 1. The minimum Gasteiger partial charge on any atom is -0.497 e. The van der Waals surface area contributed by atoms with Crippen LogP contribution in [0.3, 0.4) is 0 Å². The molecule has 0 aliphatic carbocycles. The molecule has 22 heavy (non-hydrogen) atoms. The Morgan fingerprint density at radius 3 is 2.95 bits per heavy atom. The van der Waals surface area contributed by atoms with E-state index >= 15 is 0 Å². The Labute approximate surface area is 127 Å². The molecule has 3 rings (SSSR count). The number of methoxy groups -OCH3 is 1. The van der Waals surface area contributed by atoms with Crippen molar-refractivity contribution in [2.75, 3.05) is 12.4 Å². The Morgan fingerprint density at radius 2 is 2.23 bits per heavy atom. The molecule has 6 nitrogen and oxygen atoms in total. The molecule has 2 aromatic heterocycles. The highest BCUT2D eigenvalue weighted by molar-refractivity contribution is 6.00. The molecule has 0 radical (unpaired) electrons. The van der Waals surface area contributed by atoms with Gasteiger partial charge in [-0.1, -0.05) is 6.07 Å². The van der Waals surface area contributed by atoms with Crippen LogP contribution in [0.1, 0.15) is 17.3 Å². The molecule has 3 aromatic rings. The van der Waals surface area contributed by atoms with Crippen molar-refractivity contribution in [1.82, 2.24) is 14.8 Å². The van der Waals surface area contributed by atoms with Gasteiger partial charge in [-0.05, 0) is 19.1 Å². The first-order valence-electron chi connectivity index (χ1n) is 6.97. The van der Waals surface area contributed by atoms with Gasteiger partial charge in [0.05, 0.1) is 29.9 Å². The van der Waals surface area contributed by atoms with E-state index in [4.69, 9.17) is 4.74 Å². The van der Waals surface area contributed by atoms with E-state index in [0.717, 1.165) is 35.3 Å². The number of aromatic nitrogens is 3. The summed E-state index contributed by atoms with van der Waals surface area (Å²) >= 11 is 0. The summed E-state index contributed by atoms with van der Waals surface area (Å²) in [4.78, 5) is 15.7. The monoisotopic (exact) mass is 296 g/mol. The van der Waals surface area contributed by atoms with Crippen LogP contribution in [0.15, 0.2) is 36.7 Å². The van der Waals surface area contributed by atoms with Crippen LogP contribution in [0.5, 0.6) is 5.75 Å². The van der Waals surface area contributed by atoms with Gasteiger partial charge in [0.1, 0.15) is 5.75 Å². The van der Waals surface area contributed by atoms with Gasteiger partial charge in [-0.2, -0.15) is 5.10 Å². The fraction of sp³-hybridized carbons (Fsp3) is 0.188. The number of ether oxygens (including phenoxy) is 1.